The van der Waals surface area contributed by atoms with E-state index in [0.717, 1.165) is 16.0 Å². The Hall–Kier alpha value is -1.66. The Morgan fingerprint density at radius 3 is 2.79 bits per heavy atom. The first kappa shape index (κ1) is 12.4. The normalized spacial score (nSPS) is 12.6. The molecular weight excluding hydrogens is 278 g/mol. The molecule has 0 aliphatic carbocycles. The number of aromatic nitrogens is 3. The summed E-state index contributed by atoms with van der Waals surface area (Å²) in [6.07, 6.45) is 4.16. The van der Waals surface area contributed by atoms with E-state index >= 15 is 0 Å². The molecule has 6 heteroatoms. The van der Waals surface area contributed by atoms with Crippen LogP contribution in [0.2, 0.25) is 0 Å². The predicted molar refractivity (Wildman–Crippen MR) is 76.6 cm³/mol. The van der Waals surface area contributed by atoms with Crippen molar-refractivity contribution in [2.24, 2.45) is 0 Å². The molecule has 1 unspecified atom stereocenters. The van der Waals surface area contributed by atoms with Crippen LogP contribution in [-0.2, 0) is 17.2 Å². The maximum absolute atomic E-state index is 12.2. The zero-order valence-corrected chi connectivity index (χ0v) is 11.7. The van der Waals surface area contributed by atoms with Crippen molar-refractivity contribution in [2.45, 2.75) is 10.8 Å². The van der Waals surface area contributed by atoms with Crippen molar-refractivity contribution in [2.75, 3.05) is 5.75 Å². The zero-order valence-electron chi connectivity index (χ0n) is 10.0. The number of nitrogens with zero attached hydrogens (tertiary/aromatic N) is 3. The van der Waals surface area contributed by atoms with Gasteiger partial charge in [-0.05, 0) is 24.3 Å². The van der Waals surface area contributed by atoms with Crippen molar-refractivity contribution in [1.82, 2.24) is 15.0 Å². The number of fused-ring (bicyclic) bond motifs is 1. The van der Waals surface area contributed by atoms with E-state index in [2.05, 4.69) is 15.0 Å². The third-order valence-corrected chi connectivity index (χ3v) is 5.25. The average molecular weight is 289 g/mol. The second-order valence-electron chi connectivity index (χ2n) is 3.93. The van der Waals surface area contributed by atoms with Gasteiger partial charge in [0, 0.05) is 30.3 Å². The van der Waals surface area contributed by atoms with E-state index in [0.29, 0.717) is 16.5 Å². The van der Waals surface area contributed by atoms with Crippen LogP contribution in [0.3, 0.4) is 0 Å². The molecule has 96 valence electrons. The van der Waals surface area contributed by atoms with Crippen LogP contribution >= 0.6 is 11.3 Å². The number of pyridine rings is 2. The Balaban J connectivity index is 1.73. The highest BCUT2D eigenvalue weighted by Gasteiger charge is 2.11. The lowest BCUT2D eigenvalue weighted by atomic mass is 10.3. The first-order valence-corrected chi connectivity index (χ1v) is 7.96. The summed E-state index contributed by atoms with van der Waals surface area (Å²) in [7, 11) is -1.09. The molecule has 4 nitrogen and oxygen atoms in total. The zero-order chi connectivity index (χ0) is 13.1. The Morgan fingerprint density at radius 1 is 1.11 bits per heavy atom. The van der Waals surface area contributed by atoms with Crippen molar-refractivity contribution in [3.8, 4) is 0 Å². The standard InChI is InChI=1S/C13H11N3OS2/c17-19(9-6-10-4-1-2-7-14-10)13-16-11-5-3-8-15-12(11)18-13/h1-5,7-8H,6,9H2. The first-order chi connectivity index (χ1) is 9.33. The summed E-state index contributed by atoms with van der Waals surface area (Å²) in [6.45, 7) is 0. The molecule has 0 aromatic carbocycles. The quantitative estimate of drug-likeness (QED) is 0.740. The minimum Gasteiger partial charge on any atom is -0.261 e. The van der Waals surface area contributed by atoms with Gasteiger partial charge in [-0.25, -0.2) is 9.97 Å². The minimum atomic E-state index is -1.09. The molecule has 1 atom stereocenters. The van der Waals surface area contributed by atoms with E-state index in [1.165, 1.54) is 11.3 Å². The summed E-state index contributed by atoms with van der Waals surface area (Å²) < 4.78 is 12.8. The number of hydrogen-bond donors (Lipinski definition) is 0. The lowest BCUT2D eigenvalue weighted by Crippen LogP contribution is -2.02. The van der Waals surface area contributed by atoms with Crippen LogP contribution in [0.25, 0.3) is 10.3 Å². The molecule has 0 bridgehead atoms. The number of hydrogen-bond acceptors (Lipinski definition) is 5. The van der Waals surface area contributed by atoms with Gasteiger partial charge in [0.05, 0.1) is 10.8 Å². The number of rotatable bonds is 4. The molecule has 0 aliphatic heterocycles. The highest BCUT2D eigenvalue weighted by molar-refractivity contribution is 7.87. The fourth-order valence-corrected chi connectivity index (χ4v) is 3.95. The molecular formula is C13H11N3OS2. The van der Waals surface area contributed by atoms with Crippen molar-refractivity contribution in [1.29, 1.82) is 0 Å². The van der Waals surface area contributed by atoms with E-state index in [4.69, 9.17) is 0 Å². The smallest absolute Gasteiger partial charge is 0.183 e. The molecule has 0 aliphatic rings. The molecule has 0 fully saturated rings. The minimum absolute atomic E-state index is 0.539. The fourth-order valence-electron chi connectivity index (χ4n) is 1.68. The summed E-state index contributed by atoms with van der Waals surface area (Å²) in [5.41, 5.74) is 1.77. The largest absolute Gasteiger partial charge is 0.261 e. The van der Waals surface area contributed by atoms with Gasteiger partial charge in [0.15, 0.2) is 4.34 Å². The van der Waals surface area contributed by atoms with Gasteiger partial charge in [0.1, 0.15) is 10.3 Å². The van der Waals surface area contributed by atoms with Gasteiger partial charge in [-0.3, -0.25) is 9.19 Å². The number of aryl methyl sites for hydroxylation is 1. The average Bonchev–Trinajstić information content (AvgIpc) is 2.90. The van der Waals surface area contributed by atoms with Crippen LogP contribution in [0.1, 0.15) is 5.69 Å². The highest BCUT2D eigenvalue weighted by Crippen LogP contribution is 2.22. The first-order valence-electron chi connectivity index (χ1n) is 5.83. The molecule has 3 aromatic heterocycles. The summed E-state index contributed by atoms with van der Waals surface area (Å²) in [5.74, 6) is 0.539. The van der Waals surface area contributed by atoms with Crippen molar-refractivity contribution in [3.05, 3.63) is 48.4 Å². The SMILES string of the molecule is O=S(CCc1ccccn1)c1nc2cccnc2s1. The third-order valence-electron chi connectivity index (χ3n) is 2.61. The summed E-state index contributed by atoms with van der Waals surface area (Å²) in [5, 5.41) is 0. The fraction of sp³-hybridized carbons (Fsp3) is 0.154. The molecule has 0 radical (unpaired) electrons. The lowest BCUT2D eigenvalue weighted by molar-refractivity contribution is 0.681. The summed E-state index contributed by atoms with van der Waals surface area (Å²) in [4.78, 5) is 13.6. The topological polar surface area (TPSA) is 55.7 Å². The van der Waals surface area contributed by atoms with Crippen molar-refractivity contribution < 1.29 is 4.21 Å². The molecule has 0 amide bonds. The monoisotopic (exact) mass is 289 g/mol. The highest BCUT2D eigenvalue weighted by atomic mass is 32.2. The molecule has 3 heterocycles. The molecule has 0 saturated heterocycles. The molecule has 3 aromatic rings. The van der Waals surface area contributed by atoms with E-state index in [1.807, 2.05) is 30.3 Å². The second kappa shape index (κ2) is 5.54. The van der Waals surface area contributed by atoms with Crippen LogP contribution in [-0.4, -0.2) is 24.9 Å². The molecule has 3 rings (SSSR count). The Kier molecular flexibility index (Phi) is 3.61. The second-order valence-corrected chi connectivity index (χ2v) is 6.65. The number of thiazole rings is 1. The van der Waals surface area contributed by atoms with Gasteiger partial charge in [-0.15, -0.1) is 0 Å². The maximum Gasteiger partial charge on any atom is 0.183 e. The van der Waals surface area contributed by atoms with Crippen molar-refractivity contribution in [3.63, 3.8) is 0 Å². The van der Waals surface area contributed by atoms with Gasteiger partial charge in [0.2, 0.25) is 0 Å². The van der Waals surface area contributed by atoms with Gasteiger partial charge in [0.25, 0.3) is 0 Å². The summed E-state index contributed by atoms with van der Waals surface area (Å²) in [6, 6.07) is 9.48. The molecule has 0 N–H and O–H groups in total. The molecule has 0 spiro atoms. The predicted octanol–water partition coefficient (Wildman–Crippen LogP) is 2.44. The van der Waals surface area contributed by atoms with Gasteiger partial charge < -0.3 is 0 Å². The van der Waals surface area contributed by atoms with E-state index < -0.39 is 10.8 Å². The molecule has 19 heavy (non-hydrogen) atoms. The van der Waals surface area contributed by atoms with Gasteiger partial charge >= 0.3 is 0 Å². The van der Waals surface area contributed by atoms with Gasteiger partial charge in [-0.2, -0.15) is 0 Å². The Bertz CT molecular complexity index is 679. The summed E-state index contributed by atoms with van der Waals surface area (Å²) >= 11 is 1.40. The van der Waals surface area contributed by atoms with E-state index in [9.17, 15) is 4.21 Å². The lowest BCUT2D eigenvalue weighted by Gasteiger charge is -1.98. The third kappa shape index (κ3) is 2.85. The van der Waals surface area contributed by atoms with E-state index in [-0.39, 0.29) is 0 Å². The van der Waals surface area contributed by atoms with Crippen LogP contribution < -0.4 is 0 Å². The van der Waals surface area contributed by atoms with Crippen LogP contribution in [0.15, 0.2) is 47.1 Å². The Morgan fingerprint density at radius 2 is 2.00 bits per heavy atom. The van der Waals surface area contributed by atoms with Crippen LogP contribution in [0, 0.1) is 0 Å². The van der Waals surface area contributed by atoms with Crippen molar-refractivity contribution >= 4 is 32.5 Å². The van der Waals surface area contributed by atoms with E-state index in [1.54, 1.807) is 12.4 Å². The van der Waals surface area contributed by atoms with Gasteiger partial charge in [-0.1, -0.05) is 17.4 Å². The van der Waals surface area contributed by atoms with Crippen LogP contribution in [0.4, 0.5) is 0 Å². The van der Waals surface area contributed by atoms with Crippen LogP contribution in [0.5, 0.6) is 0 Å². The Labute approximate surface area is 117 Å². The maximum atomic E-state index is 12.2. The molecule has 0 saturated carbocycles.